The maximum atomic E-state index is 11.5. The van der Waals surface area contributed by atoms with E-state index in [-0.39, 0.29) is 16.8 Å². The van der Waals surface area contributed by atoms with Gasteiger partial charge in [-0.25, -0.2) is 4.98 Å². The number of amides is 1. The number of aromatic nitrogens is 1. The van der Waals surface area contributed by atoms with Crippen molar-refractivity contribution in [1.29, 1.82) is 0 Å². The normalized spacial score (nSPS) is 14.7. The Morgan fingerprint density at radius 3 is 2.87 bits per heavy atom. The lowest BCUT2D eigenvalue weighted by atomic mass is 10.3. The molecule has 0 fully saturated rings. The van der Waals surface area contributed by atoms with Gasteiger partial charge in [-0.15, -0.1) is 0 Å². The number of aryl methyl sites for hydroxylation is 1. The van der Waals surface area contributed by atoms with Crippen LogP contribution < -0.4 is 5.32 Å². The molecular formula is C10H15BrN2O2. The first-order valence-corrected chi connectivity index (χ1v) is 5.83. The Labute approximate surface area is 97.6 Å². The van der Waals surface area contributed by atoms with Crippen LogP contribution in [0.5, 0.6) is 0 Å². The zero-order chi connectivity index (χ0) is 11.4. The van der Waals surface area contributed by atoms with E-state index >= 15 is 0 Å². The van der Waals surface area contributed by atoms with Gasteiger partial charge in [0.25, 0.3) is 0 Å². The van der Waals surface area contributed by atoms with Crippen LogP contribution in [-0.4, -0.2) is 15.7 Å². The standard InChI is InChI=1S/C10H15BrN2O2/c1-4-8(11)9(14)13-7(3)10-12-5-6(2)15-10/h5,7-8H,4H2,1-3H3,(H,13,14). The van der Waals surface area contributed by atoms with Crippen molar-refractivity contribution in [3.05, 3.63) is 17.8 Å². The lowest BCUT2D eigenvalue weighted by molar-refractivity contribution is -0.121. The van der Waals surface area contributed by atoms with Crippen LogP contribution in [0.4, 0.5) is 0 Å². The van der Waals surface area contributed by atoms with Crippen molar-refractivity contribution in [3.8, 4) is 0 Å². The Hall–Kier alpha value is -0.840. The predicted molar refractivity (Wildman–Crippen MR) is 60.8 cm³/mol. The third-order valence-electron chi connectivity index (χ3n) is 2.01. The molecule has 0 radical (unpaired) electrons. The molecule has 1 amide bonds. The number of halogens is 1. The van der Waals surface area contributed by atoms with E-state index in [9.17, 15) is 4.79 Å². The van der Waals surface area contributed by atoms with Crippen molar-refractivity contribution in [1.82, 2.24) is 10.3 Å². The summed E-state index contributed by atoms with van der Waals surface area (Å²) in [6.45, 7) is 5.61. The Bertz CT molecular complexity index is 338. The molecular weight excluding hydrogens is 260 g/mol. The van der Waals surface area contributed by atoms with Crippen molar-refractivity contribution in [2.45, 2.75) is 38.1 Å². The van der Waals surface area contributed by atoms with Gasteiger partial charge in [0.1, 0.15) is 11.8 Å². The summed E-state index contributed by atoms with van der Waals surface area (Å²) in [5.41, 5.74) is 0. The van der Waals surface area contributed by atoms with Gasteiger partial charge in [0, 0.05) is 0 Å². The third kappa shape index (κ3) is 3.34. The number of nitrogens with zero attached hydrogens (tertiary/aromatic N) is 1. The molecule has 2 atom stereocenters. The summed E-state index contributed by atoms with van der Waals surface area (Å²) in [4.78, 5) is 15.4. The van der Waals surface area contributed by atoms with Crippen LogP contribution in [0.3, 0.4) is 0 Å². The Morgan fingerprint density at radius 1 is 1.73 bits per heavy atom. The number of rotatable bonds is 4. The van der Waals surface area contributed by atoms with E-state index in [1.165, 1.54) is 0 Å². The highest BCUT2D eigenvalue weighted by Gasteiger charge is 2.18. The molecule has 0 saturated heterocycles. The molecule has 1 heterocycles. The monoisotopic (exact) mass is 274 g/mol. The van der Waals surface area contributed by atoms with Crippen LogP contribution in [0.25, 0.3) is 0 Å². The molecule has 0 aromatic carbocycles. The van der Waals surface area contributed by atoms with Crippen LogP contribution in [0.15, 0.2) is 10.6 Å². The number of alkyl halides is 1. The van der Waals surface area contributed by atoms with Gasteiger partial charge in [0.2, 0.25) is 11.8 Å². The molecule has 1 aromatic heterocycles. The van der Waals surface area contributed by atoms with Crippen molar-refractivity contribution in [2.75, 3.05) is 0 Å². The first kappa shape index (κ1) is 12.2. The minimum Gasteiger partial charge on any atom is -0.444 e. The van der Waals surface area contributed by atoms with Gasteiger partial charge in [-0.1, -0.05) is 22.9 Å². The number of nitrogens with one attached hydrogen (secondary N) is 1. The van der Waals surface area contributed by atoms with Crippen LogP contribution in [-0.2, 0) is 4.79 Å². The molecule has 0 aliphatic heterocycles. The van der Waals surface area contributed by atoms with E-state index in [1.807, 2.05) is 20.8 Å². The number of oxazole rings is 1. The molecule has 5 heteroatoms. The highest BCUT2D eigenvalue weighted by Crippen LogP contribution is 2.13. The number of carbonyl (C=O) groups is 1. The molecule has 2 unspecified atom stereocenters. The highest BCUT2D eigenvalue weighted by atomic mass is 79.9. The molecule has 84 valence electrons. The smallest absolute Gasteiger partial charge is 0.234 e. The van der Waals surface area contributed by atoms with E-state index in [0.717, 1.165) is 12.2 Å². The lowest BCUT2D eigenvalue weighted by Crippen LogP contribution is -2.32. The molecule has 1 N–H and O–H groups in total. The maximum absolute atomic E-state index is 11.5. The Balaban J connectivity index is 2.56. The van der Waals surface area contributed by atoms with Crippen LogP contribution in [0, 0.1) is 6.92 Å². The molecule has 1 aromatic rings. The Morgan fingerprint density at radius 2 is 2.40 bits per heavy atom. The fraction of sp³-hybridized carbons (Fsp3) is 0.600. The fourth-order valence-corrected chi connectivity index (χ4v) is 1.26. The summed E-state index contributed by atoms with van der Waals surface area (Å²) in [5.74, 6) is 1.24. The molecule has 0 spiro atoms. The topological polar surface area (TPSA) is 55.1 Å². The zero-order valence-corrected chi connectivity index (χ0v) is 10.7. The molecule has 4 nitrogen and oxygen atoms in total. The van der Waals surface area contributed by atoms with E-state index in [2.05, 4.69) is 26.2 Å². The van der Waals surface area contributed by atoms with Crippen molar-refractivity contribution in [3.63, 3.8) is 0 Å². The minimum atomic E-state index is -0.196. The second kappa shape index (κ2) is 5.30. The molecule has 1 rings (SSSR count). The number of hydrogen-bond acceptors (Lipinski definition) is 3. The second-order valence-corrected chi connectivity index (χ2v) is 4.52. The first-order chi connectivity index (χ1) is 7.04. The summed E-state index contributed by atoms with van der Waals surface area (Å²) in [7, 11) is 0. The van der Waals surface area contributed by atoms with E-state index in [4.69, 9.17) is 4.42 Å². The number of carbonyl (C=O) groups excluding carboxylic acids is 1. The Kier molecular flexibility index (Phi) is 4.32. The van der Waals surface area contributed by atoms with Crippen LogP contribution in [0.1, 0.15) is 38.0 Å². The second-order valence-electron chi connectivity index (χ2n) is 3.42. The van der Waals surface area contributed by atoms with Gasteiger partial charge in [0.05, 0.1) is 11.0 Å². The fourth-order valence-electron chi connectivity index (χ4n) is 1.12. The predicted octanol–water partition coefficient (Wildman–Crippen LogP) is 2.33. The van der Waals surface area contributed by atoms with E-state index < -0.39 is 0 Å². The maximum Gasteiger partial charge on any atom is 0.234 e. The van der Waals surface area contributed by atoms with Gasteiger partial charge in [-0.3, -0.25) is 4.79 Å². The van der Waals surface area contributed by atoms with Gasteiger partial charge in [-0.05, 0) is 20.3 Å². The molecule has 0 saturated carbocycles. The highest BCUT2D eigenvalue weighted by molar-refractivity contribution is 9.10. The average Bonchev–Trinajstić information content (AvgIpc) is 2.63. The SMILES string of the molecule is CCC(Br)C(=O)NC(C)c1ncc(C)o1. The largest absolute Gasteiger partial charge is 0.444 e. The molecule has 0 aliphatic carbocycles. The first-order valence-electron chi connectivity index (χ1n) is 4.91. The van der Waals surface area contributed by atoms with Gasteiger partial charge in [0.15, 0.2) is 0 Å². The molecule has 0 aliphatic rings. The van der Waals surface area contributed by atoms with Crippen molar-refractivity contribution in [2.24, 2.45) is 0 Å². The van der Waals surface area contributed by atoms with Crippen LogP contribution in [0.2, 0.25) is 0 Å². The van der Waals surface area contributed by atoms with Gasteiger partial charge >= 0.3 is 0 Å². The van der Waals surface area contributed by atoms with Gasteiger partial charge in [-0.2, -0.15) is 0 Å². The summed E-state index contributed by atoms with van der Waals surface area (Å²) in [5, 5.41) is 2.82. The van der Waals surface area contributed by atoms with E-state index in [0.29, 0.717) is 5.89 Å². The van der Waals surface area contributed by atoms with E-state index in [1.54, 1.807) is 6.20 Å². The third-order valence-corrected chi connectivity index (χ3v) is 3.07. The lowest BCUT2D eigenvalue weighted by Gasteiger charge is -2.12. The zero-order valence-electron chi connectivity index (χ0n) is 9.08. The van der Waals surface area contributed by atoms with Gasteiger partial charge < -0.3 is 9.73 Å². The van der Waals surface area contributed by atoms with Crippen LogP contribution >= 0.6 is 15.9 Å². The number of hydrogen-bond donors (Lipinski definition) is 1. The molecule has 15 heavy (non-hydrogen) atoms. The summed E-state index contributed by atoms with van der Waals surface area (Å²) >= 11 is 3.29. The quantitative estimate of drug-likeness (QED) is 0.858. The summed E-state index contributed by atoms with van der Waals surface area (Å²) in [6.07, 6.45) is 2.40. The molecule has 0 bridgehead atoms. The van der Waals surface area contributed by atoms with Crippen molar-refractivity contribution < 1.29 is 9.21 Å². The summed E-state index contributed by atoms with van der Waals surface area (Å²) in [6, 6.07) is -0.196. The summed E-state index contributed by atoms with van der Waals surface area (Å²) < 4.78 is 5.32. The average molecular weight is 275 g/mol. The van der Waals surface area contributed by atoms with Crippen molar-refractivity contribution >= 4 is 21.8 Å². The minimum absolute atomic E-state index is 0.0409.